The van der Waals surface area contributed by atoms with Crippen molar-refractivity contribution in [2.75, 3.05) is 18.5 Å². The molecule has 20 heavy (non-hydrogen) atoms. The van der Waals surface area contributed by atoms with Gasteiger partial charge in [-0.2, -0.15) is 5.10 Å². The van der Waals surface area contributed by atoms with Gasteiger partial charge in [-0.25, -0.2) is 4.68 Å². The molecular weight excluding hydrogens is 346 g/mol. The fraction of sp³-hybridized carbons (Fsp3) is 0.231. The molecule has 0 amide bonds. The van der Waals surface area contributed by atoms with E-state index in [4.69, 9.17) is 16.3 Å². The quantitative estimate of drug-likeness (QED) is 0.835. The number of aryl methyl sites for hydroxylation is 1. The highest BCUT2D eigenvalue weighted by Gasteiger charge is 2.06. The van der Waals surface area contributed by atoms with Gasteiger partial charge >= 0.3 is 0 Å². The summed E-state index contributed by atoms with van der Waals surface area (Å²) >= 11 is 9.29. The van der Waals surface area contributed by atoms with E-state index < -0.39 is 0 Å². The van der Waals surface area contributed by atoms with Crippen molar-refractivity contribution in [1.29, 1.82) is 0 Å². The molecule has 1 aromatic heterocycles. The van der Waals surface area contributed by atoms with Crippen molar-refractivity contribution in [1.82, 2.24) is 9.78 Å². The second-order valence-corrected chi connectivity index (χ2v) is 5.32. The zero-order chi connectivity index (χ0) is 14.5. The Morgan fingerprint density at radius 1 is 1.40 bits per heavy atom. The lowest BCUT2D eigenvalue weighted by molar-refractivity contribution is 0.333. The number of hydrogen-bond donors (Lipinski definition) is 1. The molecule has 0 bridgehead atoms. The van der Waals surface area contributed by atoms with Gasteiger partial charge in [0.2, 0.25) is 0 Å². The molecule has 0 saturated carbocycles. The normalized spacial score (nSPS) is 10.3. The van der Waals surface area contributed by atoms with Gasteiger partial charge in [0.05, 0.1) is 11.9 Å². The van der Waals surface area contributed by atoms with Crippen LogP contribution >= 0.6 is 27.5 Å². The summed E-state index contributed by atoms with van der Waals surface area (Å²) in [6.07, 6.45) is 1.52. The maximum atomic E-state index is 11.6. The van der Waals surface area contributed by atoms with Crippen LogP contribution in [0.2, 0.25) is 5.02 Å². The summed E-state index contributed by atoms with van der Waals surface area (Å²) < 4.78 is 7.73. The van der Waals surface area contributed by atoms with Gasteiger partial charge in [-0.05, 0) is 24.3 Å². The summed E-state index contributed by atoms with van der Waals surface area (Å²) in [6.45, 7) is 0.970. The topological polar surface area (TPSA) is 56.1 Å². The predicted octanol–water partition coefficient (Wildman–Crippen LogP) is 2.69. The van der Waals surface area contributed by atoms with E-state index in [0.29, 0.717) is 18.8 Å². The van der Waals surface area contributed by atoms with E-state index in [2.05, 4.69) is 26.3 Å². The van der Waals surface area contributed by atoms with Crippen LogP contribution < -0.4 is 15.6 Å². The molecule has 2 rings (SSSR count). The van der Waals surface area contributed by atoms with Crippen LogP contribution in [-0.4, -0.2) is 22.9 Å². The van der Waals surface area contributed by atoms with Gasteiger partial charge < -0.3 is 10.1 Å². The smallest absolute Gasteiger partial charge is 0.287 e. The van der Waals surface area contributed by atoms with E-state index in [0.717, 1.165) is 10.2 Å². The average molecular weight is 359 g/mol. The first-order chi connectivity index (χ1) is 9.58. The summed E-state index contributed by atoms with van der Waals surface area (Å²) in [7, 11) is 1.55. The Morgan fingerprint density at radius 3 is 2.80 bits per heavy atom. The third-order valence-corrected chi connectivity index (χ3v) is 3.47. The van der Waals surface area contributed by atoms with Crippen LogP contribution in [0.4, 0.5) is 5.69 Å². The summed E-state index contributed by atoms with van der Waals surface area (Å²) in [5, 5.41) is 7.05. The zero-order valence-electron chi connectivity index (χ0n) is 10.8. The highest BCUT2D eigenvalue weighted by molar-refractivity contribution is 9.10. The standard InChI is InChI=1S/C13H13BrClN3O2/c1-18-13(19)12(15)11(8-17-18)16-6-7-20-10-4-2-9(14)3-5-10/h2-5,8,16H,6-7H2,1H3. The number of rotatable bonds is 5. The van der Waals surface area contributed by atoms with Gasteiger partial charge in [-0.3, -0.25) is 4.79 Å². The molecule has 1 aromatic carbocycles. The number of halogens is 2. The molecule has 0 atom stereocenters. The predicted molar refractivity (Wildman–Crippen MR) is 82.6 cm³/mol. The Balaban J connectivity index is 1.86. The first-order valence-corrected chi connectivity index (χ1v) is 7.09. The zero-order valence-corrected chi connectivity index (χ0v) is 13.1. The van der Waals surface area contributed by atoms with Crippen molar-refractivity contribution in [2.24, 2.45) is 7.05 Å². The van der Waals surface area contributed by atoms with E-state index in [9.17, 15) is 4.79 Å². The monoisotopic (exact) mass is 357 g/mol. The molecule has 0 aliphatic carbocycles. The Kier molecular flexibility index (Phi) is 5.03. The van der Waals surface area contributed by atoms with Gasteiger partial charge in [0.25, 0.3) is 5.56 Å². The largest absolute Gasteiger partial charge is 0.492 e. The third kappa shape index (κ3) is 3.74. The highest BCUT2D eigenvalue weighted by atomic mass is 79.9. The van der Waals surface area contributed by atoms with Gasteiger partial charge in [-0.15, -0.1) is 0 Å². The fourth-order valence-electron chi connectivity index (χ4n) is 1.52. The minimum absolute atomic E-state index is 0.131. The van der Waals surface area contributed by atoms with Crippen molar-refractivity contribution < 1.29 is 4.74 Å². The van der Waals surface area contributed by atoms with E-state index >= 15 is 0 Å². The van der Waals surface area contributed by atoms with E-state index in [1.807, 2.05) is 24.3 Å². The van der Waals surface area contributed by atoms with Gasteiger partial charge in [0.1, 0.15) is 17.4 Å². The summed E-state index contributed by atoms with van der Waals surface area (Å²) in [5.74, 6) is 0.781. The van der Waals surface area contributed by atoms with Crippen LogP contribution in [-0.2, 0) is 7.05 Å². The Hall–Kier alpha value is -1.53. The van der Waals surface area contributed by atoms with Gasteiger partial charge in [-0.1, -0.05) is 27.5 Å². The minimum Gasteiger partial charge on any atom is -0.492 e. The highest BCUT2D eigenvalue weighted by Crippen LogP contribution is 2.17. The van der Waals surface area contributed by atoms with E-state index in [-0.39, 0.29) is 10.6 Å². The molecule has 1 heterocycles. The lowest BCUT2D eigenvalue weighted by atomic mass is 10.3. The molecule has 0 spiro atoms. The van der Waals surface area contributed by atoms with Crippen LogP contribution in [0.1, 0.15) is 0 Å². The molecule has 7 heteroatoms. The number of nitrogens with one attached hydrogen (secondary N) is 1. The number of hydrogen-bond acceptors (Lipinski definition) is 4. The van der Waals surface area contributed by atoms with E-state index in [1.165, 1.54) is 10.9 Å². The van der Waals surface area contributed by atoms with Crippen LogP contribution in [0, 0.1) is 0 Å². The average Bonchev–Trinajstić information content (AvgIpc) is 2.45. The Morgan fingerprint density at radius 2 is 2.10 bits per heavy atom. The maximum absolute atomic E-state index is 11.6. The van der Waals surface area contributed by atoms with Gasteiger partial charge in [0.15, 0.2) is 0 Å². The SMILES string of the molecule is Cn1ncc(NCCOc2ccc(Br)cc2)c(Cl)c1=O. The molecule has 1 N–H and O–H groups in total. The summed E-state index contributed by atoms with van der Waals surface area (Å²) in [4.78, 5) is 11.6. The molecule has 0 aliphatic heterocycles. The van der Waals surface area contributed by atoms with Crippen LogP contribution in [0.25, 0.3) is 0 Å². The molecular formula is C13H13BrClN3O2. The van der Waals surface area contributed by atoms with Crippen molar-refractivity contribution in [3.63, 3.8) is 0 Å². The maximum Gasteiger partial charge on any atom is 0.287 e. The fourth-order valence-corrected chi connectivity index (χ4v) is 2.02. The molecule has 106 valence electrons. The van der Waals surface area contributed by atoms with Gasteiger partial charge in [0, 0.05) is 18.1 Å². The van der Waals surface area contributed by atoms with Crippen LogP contribution in [0.15, 0.2) is 39.7 Å². The molecule has 0 saturated heterocycles. The van der Waals surface area contributed by atoms with Crippen LogP contribution in [0.5, 0.6) is 5.75 Å². The second-order valence-electron chi connectivity index (χ2n) is 4.03. The summed E-state index contributed by atoms with van der Waals surface area (Å²) in [5.41, 5.74) is 0.180. The van der Waals surface area contributed by atoms with E-state index in [1.54, 1.807) is 7.05 Å². The second kappa shape index (κ2) is 6.76. The first-order valence-electron chi connectivity index (χ1n) is 5.92. The molecule has 5 nitrogen and oxygen atoms in total. The van der Waals surface area contributed by atoms with Crippen molar-refractivity contribution in [3.8, 4) is 5.75 Å². The van der Waals surface area contributed by atoms with Crippen molar-refractivity contribution >= 4 is 33.2 Å². The molecule has 0 radical (unpaired) electrons. The number of ether oxygens (including phenoxy) is 1. The van der Waals surface area contributed by atoms with Crippen molar-refractivity contribution in [2.45, 2.75) is 0 Å². The Bertz CT molecular complexity index is 643. The third-order valence-electron chi connectivity index (χ3n) is 2.58. The number of nitrogens with zero attached hydrogens (tertiary/aromatic N) is 2. The number of aromatic nitrogens is 2. The summed E-state index contributed by atoms with van der Waals surface area (Å²) in [6, 6.07) is 7.56. The first kappa shape index (κ1) is 14.9. The molecule has 2 aromatic rings. The minimum atomic E-state index is -0.328. The number of benzene rings is 1. The lowest BCUT2D eigenvalue weighted by Gasteiger charge is -2.09. The Labute approximate surface area is 129 Å². The molecule has 0 aliphatic rings. The lowest BCUT2D eigenvalue weighted by Crippen LogP contribution is -2.22. The molecule has 0 unspecified atom stereocenters. The number of anilines is 1. The van der Waals surface area contributed by atoms with Crippen LogP contribution in [0.3, 0.4) is 0 Å². The van der Waals surface area contributed by atoms with Crippen molar-refractivity contribution in [3.05, 3.63) is 50.3 Å². The molecule has 0 fully saturated rings.